The number of carbonyl (C=O) groups excluding carboxylic acids is 4. The molecule has 0 unspecified atom stereocenters. The van der Waals surface area contributed by atoms with E-state index in [9.17, 15) is 58.6 Å². The second-order valence-electron chi connectivity index (χ2n) is 21.0. The topological polar surface area (TPSA) is 229 Å². The van der Waals surface area contributed by atoms with Crippen LogP contribution < -0.4 is 20.8 Å². The van der Waals surface area contributed by atoms with Gasteiger partial charge in [0.2, 0.25) is 0 Å². The Morgan fingerprint density at radius 2 is 0.788 bits per heavy atom. The summed E-state index contributed by atoms with van der Waals surface area (Å²) in [6.07, 6.45) is -6.36. The van der Waals surface area contributed by atoms with Gasteiger partial charge in [0.15, 0.2) is 0 Å². The average Bonchev–Trinajstić information content (AvgIpc) is 1.70. The van der Waals surface area contributed by atoms with Crippen LogP contribution in [0.15, 0.2) is 158 Å². The largest absolute Gasteiger partial charge is 2.00 e. The summed E-state index contributed by atoms with van der Waals surface area (Å²) < 4.78 is 62.6. The van der Waals surface area contributed by atoms with Gasteiger partial charge >= 0.3 is 37.7 Å². The standard InChI is InChI=1S/2C33H34F2N2O5.Ca/c2*1-20(2)31-30(33(42)36-23-11-7-4-8-12-23)29(21-9-5-3-6-10-21)32(26-14-13-22(34)17-27(26)35)37(31)16-15-24(38)18-25(39)19-28(40)41;/h2*3-14,17,20,24-25,38-39H,15-16,18-19H2,1-2H3,(H,36,42)(H,40,41);/q;;+2/p-2/t2*24-,25-;/m11./s1. The van der Waals surface area contributed by atoms with E-state index in [4.69, 9.17) is 0 Å². The van der Waals surface area contributed by atoms with E-state index in [0.29, 0.717) is 67.5 Å². The first kappa shape index (κ1) is 66.7. The van der Waals surface area contributed by atoms with E-state index in [1.165, 1.54) is 12.1 Å². The molecule has 85 heavy (non-hydrogen) atoms. The molecule has 0 saturated heterocycles. The first-order valence-corrected chi connectivity index (χ1v) is 27.5. The third kappa shape index (κ3) is 17.4. The zero-order valence-corrected chi connectivity index (χ0v) is 49.7. The average molecular weight is 1190 g/mol. The maximum Gasteiger partial charge on any atom is 2.00 e. The number of carboxylic acid groups (broad SMARTS) is 2. The molecule has 19 heteroatoms. The fourth-order valence-electron chi connectivity index (χ4n) is 10.5. The van der Waals surface area contributed by atoms with Crippen molar-refractivity contribution < 1.29 is 67.4 Å². The van der Waals surface area contributed by atoms with Gasteiger partial charge in [-0.05, 0) is 97.2 Å². The van der Waals surface area contributed by atoms with Crippen molar-refractivity contribution >= 4 is 72.9 Å². The number of anilines is 2. The van der Waals surface area contributed by atoms with Crippen LogP contribution in [0.5, 0.6) is 0 Å². The summed E-state index contributed by atoms with van der Waals surface area (Å²) in [7, 11) is 0. The molecule has 14 nitrogen and oxygen atoms in total. The van der Waals surface area contributed by atoms with Crippen molar-refractivity contribution in [1.29, 1.82) is 0 Å². The molecule has 0 aliphatic rings. The number of carbonyl (C=O) groups is 4. The van der Waals surface area contributed by atoms with E-state index in [1.54, 1.807) is 106 Å². The Hall–Kier alpha value is -7.42. The Morgan fingerprint density at radius 3 is 1.08 bits per heavy atom. The number of rotatable bonds is 24. The van der Waals surface area contributed by atoms with Gasteiger partial charge in [0.25, 0.3) is 11.8 Å². The minimum atomic E-state index is -1.43. The van der Waals surface area contributed by atoms with Gasteiger partial charge in [0.05, 0.1) is 46.9 Å². The Kier molecular flexibility index (Phi) is 24.4. The Morgan fingerprint density at radius 1 is 0.471 bits per heavy atom. The third-order valence-electron chi connectivity index (χ3n) is 14.0. The molecule has 2 amide bonds. The van der Waals surface area contributed by atoms with Crippen LogP contribution in [0.3, 0.4) is 0 Å². The zero-order valence-electron chi connectivity index (χ0n) is 47.5. The molecule has 0 saturated carbocycles. The number of hydrogen-bond acceptors (Lipinski definition) is 10. The van der Waals surface area contributed by atoms with Crippen molar-refractivity contribution in [2.75, 3.05) is 10.6 Å². The monoisotopic (exact) mass is 1190 g/mol. The summed E-state index contributed by atoms with van der Waals surface area (Å²) in [6.45, 7) is 7.76. The van der Waals surface area contributed by atoms with Crippen LogP contribution in [0.4, 0.5) is 28.9 Å². The third-order valence-corrected chi connectivity index (χ3v) is 14.0. The van der Waals surface area contributed by atoms with E-state index >= 15 is 8.78 Å². The number of aliphatic hydroxyl groups excluding tert-OH is 4. The number of amides is 2. The molecule has 6 aromatic carbocycles. The van der Waals surface area contributed by atoms with Gasteiger partial charge in [0, 0.05) is 95.0 Å². The predicted octanol–water partition coefficient (Wildman–Crippen LogP) is 9.86. The molecular formula is C66H66CaF4N4O10. The Labute approximate surface area is 520 Å². The maximum absolute atomic E-state index is 15.5. The smallest absolute Gasteiger partial charge is 0.550 e. The first-order chi connectivity index (χ1) is 40.1. The van der Waals surface area contributed by atoms with Crippen LogP contribution in [-0.4, -0.2) is 115 Å². The molecule has 0 fully saturated rings. The van der Waals surface area contributed by atoms with Crippen molar-refractivity contribution in [3.05, 3.63) is 204 Å². The number of benzene rings is 6. The molecule has 440 valence electrons. The summed E-state index contributed by atoms with van der Waals surface area (Å²) in [5.74, 6) is -7.34. The second kappa shape index (κ2) is 31.1. The van der Waals surface area contributed by atoms with Crippen molar-refractivity contribution in [3.8, 4) is 44.8 Å². The molecule has 0 aliphatic heterocycles. The predicted molar refractivity (Wildman–Crippen MR) is 315 cm³/mol. The van der Waals surface area contributed by atoms with Crippen LogP contribution in [0.1, 0.15) is 110 Å². The van der Waals surface area contributed by atoms with Gasteiger partial charge in [-0.15, -0.1) is 0 Å². The summed E-state index contributed by atoms with van der Waals surface area (Å²) in [5, 5.41) is 69.0. The molecule has 0 aliphatic carbocycles. The van der Waals surface area contributed by atoms with Gasteiger partial charge in [-0.1, -0.05) is 125 Å². The van der Waals surface area contributed by atoms with E-state index in [2.05, 4.69) is 10.6 Å². The minimum Gasteiger partial charge on any atom is -0.550 e. The van der Waals surface area contributed by atoms with Crippen LogP contribution >= 0.6 is 0 Å². The van der Waals surface area contributed by atoms with Crippen molar-refractivity contribution in [2.45, 2.75) is 116 Å². The van der Waals surface area contributed by atoms with Crippen LogP contribution in [0, 0.1) is 23.3 Å². The Bertz CT molecular complexity index is 3320. The second-order valence-corrected chi connectivity index (χ2v) is 21.0. The number of aliphatic carboxylic acids is 2. The Balaban J connectivity index is 0.000000269. The fourth-order valence-corrected chi connectivity index (χ4v) is 10.5. The SMILES string of the molecule is CC(C)c1c(C(=O)Nc2ccccc2)c(-c2ccccc2)c(-c2ccc(F)cc2F)n1CC[C@@H](O)C[C@@H](O)CC(=O)[O-].CC(C)c1c(C(=O)Nc2ccccc2)c(-c2ccccc2)c(-c2ccc(F)cc2F)n1CC[C@@H](O)C[C@@H](O)CC(=O)[O-].[Ca+2]. The quantitative estimate of drug-likeness (QED) is 0.0248. The molecule has 0 bridgehead atoms. The van der Waals surface area contributed by atoms with E-state index in [1.807, 2.05) is 52.0 Å². The molecule has 8 rings (SSSR count). The molecule has 6 N–H and O–H groups in total. The zero-order chi connectivity index (χ0) is 60.8. The van der Waals surface area contributed by atoms with Gasteiger partial charge in [0.1, 0.15) is 23.3 Å². The normalized spacial score (nSPS) is 12.6. The number of halogens is 4. The van der Waals surface area contributed by atoms with Crippen molar-refractivity contribution in [3.63, 3.8) is 0 Å². The number of aliphatic hydroxyl groups is 4. The van der Waals surface area contributed by atoms with Crippen molar-refractivity contribution in [2.24, 2.45) is 0 Å². The molecule has 0 radical (unpaired) electrons. The van der Waals surface area contributed by atoms with Gasteiger partial charge in [-0.2, -0.15) is 0 Å². The molecule has 4 atom stereocenters. The molecule has 8 aromatic rings. The van der Waals surface area contributed by atoms with Gasteiger partial charge < -0.3 is 60.0 Å². The maximum atomic E-state index is 15.5. The molecule has 0 spiro atoms. The first-order valence-electron chi connectivity index (χ1n) is 27.5. The van der Waals surface area contributed by atoms with Gasteiger partial charge in [-0.3, -0.25) is 9.59 Å². The summed E-state index contributed by atoms with van der Waals surface area (Å²) in [4.78, 5) is 49.8. The van der Waals surface area contributed by atoms with Crippen LogP contribution in [-0.2, 0) is 22.7 Å². The van der Waals surface area contributed by atoms with E-state index in [0.717, 1.165) is 24.3 Å². The minimum absolute atomic E-state index is 0. The number of nitrogens with one attached hydrogen (secondary N) is 2. The molecule has 2 heterocycles. The summed E-state index contributed by atoms with van der Waals surface area (Å²) in [6, 6.07) is 42.4. The van der Waals surface area contributed by atoms with E-state index in [-0.39, 0.29) is 99.5 Å². The number of aromatic nitrogens is 2. The fraction of sp³-hybridized carbons (Fsp3) is 0.273. The molecule has 2 aromatic heterocycles. The number of para-hydroxylation sites is 2. The van der Waals surface area contributed by atoms with Crippen molar-refractivity contribution in [1.82, 2.24) is 9.13 Å². The molecular weight excluding hydrogens is 1120 g/mol. The number of nitrogens with zero attached hydrogens (tertiary/aromatic N) is 2. The van der Waals surface area contributed by atoms with Gasteiger partial charge in [-0.25, -0.2) is 17.6 Å². The van der Waals surface area contributed by atoms with E-state index < -0.39 is 84.3 Å². The van der Waals surface area contributed by atoms with Crippen LogP contribution in [0.2, 0.25) is 0 Å². The van der Waals surface area contributed by atoms with Crippen LogP contribution in [0.25, 0.3) is 44.8 Å². The number of carboxylic acids is 2. The summed E-state index contributed by atoms with van der Waals surface area (Å²) in [5.41, 5.74) is 5.89. The number of hydrogen-bond donors (Lipinski definition) is 6. The summed E-state index contributed by atoms with van der Waals surface area (Å²) >= 11 is 0.